The molecule has 28 heavy (non-hydrogen) atoms. The normalized spacial score (nSPS) is 20.6. The molecular weight excluding hydrogens is 346 g/mol. The first-order valence-corrected chi connectivity index (χ1v) is 10.5. The summed E-state index contributed by atoms with van der Waals surface area (Å²) in [6.45, 7) is 5.83. The van der Waals surface area contributed by atoms with Crippen molar-refractivity contribution in [2.45, 2.75) is 51.9 Å². The van der Waals surface area contributed by atoms with Gasteiger partial charge in [-0.15, -0.1) is 0 Å². The number of carbonyl (C=O) groups is 2. The summed E-state index contributed by atoms with van der Waals surface area (Å²) < 4.78 is 0. The predicted octanol–water partition coefficient (Wildman–Crippen LogP) is 4.84. The third-order valence-corrected chi connectivity index (χ3v) is 6.67. The maximum Gasteiger partial charge on any atom is 0.226 e. The highest BCUT2D eigenvalue weighted by molar-refractivity contribution is 6.00. The van der Waals surface area contributed by atoms with Crippen molar-refractivity contribution in [1.29, 1.82) is 0 Å². The van der Waals surface area contributed by atoms with Crippen molar-refractivity contribution < 1.29 is 9.59 Å². The van der Waals surface area contributed by atoms with E-state index in [4.69, 9.17) is 0 Å². The van der Waals surface area contributed by atoms with Gasteiger partial charge in [-0.05, 0) is 67.7 Å². The number of aryl methyl sites for hydroxylation is 2. The third-order valence-electron chi connectivity index (χ3n) is 6.67. The van der Waals surface area contributed by atoms with Crippen LogP contribution in [0, 0.1) is 19.8 Å². The Labute approximate surface area is 167 Å². The monoisotopic (exact) mass is 375 g/mol. The SMILES string of the molecule is Cc1ccccc1C1CCN(C(=O)C2CCc3c(C)cccc3C(=O)C2)CC1. The van der Waals surface area contributed by atoms with Crippen molar-refractivity contribution in [2.24, 2.45) is 5.92 Å². The summed E-state index contributed by atoms with van der Waals surface area (Å²) in [5, 5.41) is 0. The third kappa shape index (κ3) is 3.63. The topological polar surface area (TPSA) is 37.4 Å². The first kappa shape index (κ1) is 18.9. The van der Waals surface area contributed by atoms with Crippen molar-refractivity contribution in [3.05, 3.63) is 70.3 Å². The van der Waals surface area contributed by atoms with Gasteiger partial charge in [-0.2, -0.15) is 0 Å². The Kier molecular flexibility index (Phi) is 5.34. The number of nitrogens with zero attached hydrogens (tertiary/aromatic N) is 1. The zero-order chi connectivity index (χ0) is 19.7. The largest absolute Gasteiger partial charge is 0.342 e. The van der Waals surface area contributed by atoms with Gasteiger partial charge in [0.2, 0.25) is 5.91 Å². The van der Waals surface area contributed by atoms with Crippen LogP contribution in [0.5, 0.6) is 0 Å². The Hall–Kier alpha value is -2.42. The number of rotatable bonds is 2. The van der Waals surface area contributed by atoms with E-state index < -0.39 is 0 Å². The Morgan fingerprint density at radius 2 is 1.64 bits per heavy atom. The molecule has 146 valence electrons. The van der Waals surface area contributed by atoms with E-state index in [0.717, 1.165) is 55.5 Å². The number of likely N-dealkylation sites (tertiary alicyclic amines) is 1. The minimum Gasteiger partial charge on any atom is -0.342 e. The fraction of sp³-hybridized carbons (Fsp3) is 0.440. The molecule has 1 saturated heterocycles. The standard InChI is InChI=1S/C25H29NO2/c1-17-6-3-4-8-21(17)19-12-14-26(15-13-19)25(28)20-10-11-22-18(2)7-5-9-23(22)24(27)16-20/h3-9,19-20H,10-16H2,1-2H3. The predicted molar refractivity (Wildman–Crippen MR) is 112 cm³/mol. The highest BCUT2D eigenvalue weighted by Crippen LogP contribution is 2.32. The quantitative estimate of drug-likeness (QED) is 0.704. The molecule has 2 aliphatic rings. The number of hydrogen-bond donors (Lipinski definition) is 0. The average molecular weight is 376 g/mol. The van der Waals surface area contributed by atoms with E-state index >= 15 is 0 Å². The molecule has 1 atom stereocenters. The number of Topliss-reactive ketones (excluding diaryl/α,β-unsaturated/α-hetero) is 1. The first-order valence-electron chi connectivity index (χ1n) is 10.5. The molecule has 4 rings (SSSR count). The van der Waals surface area contributed by atoms with Gasteiger partial charge in [0.25, 0.3) is 0 Å². The van der Waals surface area contributed by atoms with E-state index in [1.807, 2.05) is 17.0 Å². The van der Waals surface area contributed by atoms with E-state index in [1.165, 1.54) is 11.1 Å². The summed E-state index contributed by atoms with van der Waals surface area (Å²) in [6.07, 6.45) is 3.98. The molecule has 1 amide bonds. The molecule has 0 aromatic heterocycles. The van der Waals surface area contributed by atoms with Gasteiger partial charge >= 0.3 is 0 Å². The molecule has 3 heteroatoms. The molecule has 2 aromatic carbocycles. The van der Waals surface area contributed by atoms with Crippen LogP contribution >= 0.6 is 0 Å². The molecule has 1 aliphatic carbocycles. The molecule has 1 aliphatic heterocycles. The average Bonchev–Trinajstić information content (AvgIpc) is 2.88. The Morgan fingerprint density at radius 3 is 2.39 bits per heavy atom. The van der Waals surface area contributed by atoms with Gasteiger partial charge in [-0.1, -0.05) is 42.5 Å². The Balaban J connectivity index is 1.42. The van der Waals surface area contributed by atoms with Crippen LogP contribution in [-0.2, 0) is 11.2 Å². The van der Waals surface area contributed by atoms with Crippen LogP contribution in [-0.4, -0.2) is 29.7 Å². The van der Waals surface area contributed by atoms with Crippen LogP contribution < -0.4 is 0 Å². The number of fused-ring (bicyclic) bond motifs is 1. The van der Waals surface area contributed by atoms with Crippen molar-refractivity contribution in [2.75, 3.05) is 13.1 Å². The van der Waals surface area contributed by atoms with Gasteiger partial charge in [0.1, 0.15) is 0 Å². The highest BCUT2D eigenvalue weighted by atomic mass is 16.2. The summed E-state index contributed by atoms with van der Waals surface area (Å²) in [6, 6.07) is 14.5. The molecule has 0 bridgehead atoms. The minimum atomic E-state index is -0.172. The van der Waals surface area contributed by atoms with Gasteiger partial charge in [-0.3, -0.25) is 9.59 Å². The maximum absolute atomic E-state index is 13.2. The molecule has 3 nitrogen and oxygen atoms in total. The molecule has 0 spiro atoms. The lowest BCUT2D eigenvalue weighted by molar-refractivity contribution is -0.136. The fourth-order valence-corrected chi connectivity index (χ4v) is 4.97. The van der Waals surface area contributed by atoms with Gasteiger partial charge in [0, 0.05) is 31.0 Å². The molecule has 1 fully saturated rings. The summed E-state index contributed by atoms with van der Waals surface area (Å²) >= 11 is 0. The number of ketones is 1. The zero-order valence-electron chi connectivity index (χ0n) is 16.9. The van der Waals surface area contributed by atoms with Gasteiger partial charge < -0.3 is 4.90 Å². The van der Waals surface area contributed by atoms with Crippen molar-refractivity contribution >= 4 is 11.7 Å². The highest BCUT2D eigenvalue weighted by Gasteiger charge is 2.32. The van der Waals surface area contributed by atoms with Crippen LogP contribution in [0.15, 0.2) is 42.5 Å². The summed E-state index contributed by atoms with van der Waals surface area (Å²) in [4.78, 5) is 27.9. The van der Waals surface area contributed by atoms with Gasteiger partial charge in [0.15, 0.2) is 5.78 Å². The van der Waals surface area contributed by atoms with E-state index in [-0.39, 0.29) is 17.6 Å². The van der Waals surface area contributed by atoms with E-state index in [0.29, 0.717) is 12.3 Å². The number of amides is 1. The lowest BCUT2D eigenvalue weighted by atomic mass is 9.86. The first-order chi connectivity index (χ1) is 13.5. The van der Waals surface area contributed by atoms with Crippen LogP contribution in [0.1, 0.15) is 64.2 Å². The minimum absolute atomic E-state index is 0.129. The molecular formula is C25H29NO2. The van der Waals surface area contributed by atoms with Crippen molar-refractivity contribution in [3.8, 4) is 0 Å². The van der Waals surface area contributed by atoms with E-state index in [9.17, 15) is 9.59 Å². The number of piperidine rings is 1. The molecule has 1 heterocycles. The van der Waals surface area contributed by atoms with Crippen LogP contribution in [0.4, 0.5) is 0 Å². The van der Waals surface area contributed by atoms with Gasteiger partial charge in [0.05, 0.1) is 0 Å². The van der Waals surface area contributed by atoms with Crippen LogP contribution in [0.25, 0.3) is 0 Å². The second-order valence-electron chi connectivity index (χ2n) is 8.42. The second-order valence-corrected chi connectivity index (χ2v) is 8.42. The van der Waals surface area contributed by atoms with Gasteiger partial charge in [-0.25, -0.2) is 0 Å². The van der Waals surface area contributed by atoms with Crippen LogP contribution in [0.3, 0.4) is 0 Å². The van der Waals surface area contributed by atoms with E-state index in [2.05, 4.69) is 44.2 Å². The van der Waals surface area contributed by atoms with Crippen LogP contribution in [0.2, 0.25) is 0 Å². The molecule has 0 saturated carbocycles. The lowest BCUT2D eigenvalue weighted by Crippen LogP contribution is -2.41. The fourth-order valence-electron chi connectivity index (χ4n) is 4.97. The lowest BCUT2D eigenvalue weighted by Gasteiger charge is -2.34. The van der Waals surface area contributed by atoms with E-state index in [1.54, 1.807) is 0 Å². The van der Waals surface area contributed by atoms with Crippen molar-refractivity contribution in [3.63, 3.8) is 0 Å². The summed E-state index contributed by atoms with van der Waals surface area (Å²) in [5.41, 5.74) is 5.90. The summed E-state index contributed by atoms with van der Waals surface area (Å²) in [5.74, 6) is 0.675. The number of hydrogen-bond acceptors (Lipinski definition) is 2. The Morgan fingerprint density at radius 1 is 0.929 bits per heavy atom. The number of benzene rings is 2. The smallest absolute Gasteiger partial charge is 0.226 e. The maximum atomic E-state index is 13.2. The molecule has 0 N–H and O–H groups in total. The second kappa shape index (κ2) is 7.90. The molecule has 0 radical (unpaired) electrons. The number of carbonyl (C=O) groups excluding carboxylic acids is 2. The molecule has 1 unspecified atom stereocenters. The Bertz CT molecular complexity index is 893. The van der Waals surface area contributed by atoms with Crippen molar-refractivity contribution in [1.82, 2.24) is 4.90 Å². The zero-order valence-corrected chi connectivity index (χ0v) is 16.9. The summed E-state index contributed by atoms with van der Waals surface area (Å²) in [7, 11) is 0. The molecule has 2 aromatic rings.